The fourth-order valence-electron chi connectivity index (χ4n) is 2.27. The van der Waals surface area contributed by atoms with Crippen molar-refractivity contribution >= 4 is 5.82 Å². The number of hydrogen-bond donors (Lipinski definition) is 1. The predicted octanol–water partition coefficient (Wildman–Crippen LogP) is 1.56. The molecule has 1 aromatic heterocycles. The van der Waals surface area contributed by atoms with E-state index in [4.69, 9.17) is 4.74 Å². The summed E-state index contributed by atoms with van der Waals surface area (Å²) in [4.78, 5) is 6.44. The normalized spacial score (nSPS) is 20.8. The molecule has 2 heterocycles. The minimum absolute atomic E-state index is 0.182. The molecule has 0 spiro atoms. The third kappa shape index (κ3) is 3.17. The smallest absolute Gasteiger partial charge is 0.141 e. The molecule has 0 amide bonds. The van der Waals surface area contributed by atoms with E-state index in [0.29, 0.717) is 6.54 Å². The van der Waals surface area contributed by atoms with Gasteiger partial charge < -0.3 is 15.0 Å². The first-order valence-electron chi connectivity index (χ1n) is 6.36. The Morgan fingerprint density at radius 2 is 2.44 bits per heavy atom. The van der Waals surface area contributed by atoms with Crippen molar-refractivity contribution in [3.05, 3.63) is 23.6 Å². The molecule has 1 aliphatic heterocycles. The molecule has 1 atom stereocenters. The van der Waals surface area contributed by atoms with Gasteiger partial charge in [0, 0.05) is 31.8 Å². The van der Waals surface area contributed by atoms with E-state index in [-0.39, 0.29) is 11.9 Å². The zero-order valence-corrected chi connectivity index (χ0v) is 10.9. The number of halogens is 1. The number of ether oxygens (including phenoxy) is 1. The first-order valence-corrected chi connectivity index (χ1v) is 6.36. The number of aromatic nitrogens is 1. The van der Waals surface area contributed by atoms with Crippen LogP contribution in [-0.4, -0.2) is 37.8 Å². The SMILES string of the molecule is CNCc1cc(F)cnc1N1CCCOC(C)C1. The highest BCUT2D eigenvalue weighted by Crippen LogP contribution is 2.21. The second-order valence-electron chi connectivity index (χ2n) is 4.65. The summed E-state index contributed by atoms with van der Waals surface area (Å²) in [6.45, 7) is 5.15. The summed E-state index contributed by atoms with van der Waals surface area (Å²) < 4.78 is 18.9. The molecule has 1 unspecified atom stereocenters. The molecule has 1 fully saturated rings. The number of anilines is 1. The van der Waals surface area contributed by atoms with Crippen molar-refractivity contribution in [1.29, 1.82) is 0 Å². The summed E-state index contributed by atoms with van der Waals surface area (Å²) in [6, 6.07) is 1.55. The summed E-state index contributed by atoms with van der Waals surface area (Å²) >= 11 is 0. The molecule has 1 aromatic rings. The third-order valence-electron chi connectivity index (χ3n) is 3.03. The molecule has 100 valence electrons. The summed E-state index contributed by atoms with van der Waals surface area (Å²) in [5.74, 6) is 0.575. The molecule has 0 radical (unpaired) electrons. The van der Waals surface area contributed by atoms with Crippen LogP contribution in [0.15, 0.2) is 12.3 Å². The van der Waals surface area contributed by atoms with Crippen LogP contribution in [0.1, 0.15) is 18.9 Å². The van der Waals surface area contributed by atoms with Crippen LogP contribution in [0.4, 0.5) is 10.2 Å². The Bertz CT molecular complexity index is 400. The van der Waals surface area contributed by atoms with Gasteiger partial charge in [0.2, 0.25) is 0 Å². The fourth-order valence-corrected chi connectivity index (χ4v) is 2.27. The van der Waals surface area contributed by atoms with Crippen LogP contribution in [-0.2, 0) is 11.3 Å². The minimum Gasteiger partial charge on any atom is -0.377 e. The van der Waals surface area contributed by atoms with Gasteiger partial charge in [0.15, 0.2) is 0 Å². The average Bonchev–Trinajstić information content (AvgIpc) is 2.54. The fraction of sp³-hybridized carbons (Fsp3) is 0.615. The van der Waals surface area contributed by atoms with Crippen molar-refractivity contribution in [3.63, 3.8) is 0 Å². The maximum atomic E-state index is 13.3. The lowest BCUT2D eigenvalue weighted by Gasteiger charge is -2.25. The van der Waals surface area contributed by atoms with E-state index in [1.165, 1.54) is 6.20 Å². The van der Waals surface area contributed by atoms with Gasteiger partial charge in [-0.05, 0) is 26.5 Å². The number of pyridine rings is 1. The third-order valence-corrected chi connectivity index (χ3v) is 3.03. The van der Waals surface area contributed by atoms with Crippen LogP contribution < -0.4 is 10.2 Å². The first-order chi connectivity index (χ1) is 8.70. The van der Waals surface area contributed by atoms with Crippen LogP contribution in [0.5, 0.6) is 0 Å². The Balaban J connectivity index is 2.24. The van der Waals surface area contributed by atoms with Crippen molar-refractivity contribution in [2.45, 2.75) is 26.0 Å². The highest BCUT2D eigenvalue weighted by Gasteiger charge is 2.19. The van der Waals surface area contributed by atoms with Gasteiger partial charge in [0.05, 0.1) is 12.3 Å². The number of nitrogens with one attached hydrogen (secondary N) is 1. The first kappa shape index (κ1) is 13.2. The molecule has 0 bridgehead atoms. The molecule has 18 heavy (non-hydrogen) atoms. The second-order valence-corrected chi connectivity index (χ2v) is 4.65. The van der Waals surface area contributed by atoms with E-state index in [0.717, 1.165) is 37.5 Å². The van der Waals surface area contributed by atoms with Crippen LogP contribution in [0, 0.1) is 5.82 Å². The summed E-state index contributed by atoms with van der Waals surface area (Å²) in [6.07, 6.45) is 2.44. The maximum Gasteiger partial charge on any atom is 0.141 e. The molecule has 1 aliphatic rings. The van der Waals surface area contributed by atoms with Crippen LogP contribution >= 0.6 is 0 Å². The largest absolute Gasteiger partial charge is 0.377 e. The summed E-state index contributed by atoms with van der Waals surface area (Å²) in [5, 5.41) is 3.05. The van der Waals surface area contributed by atoms with Gasteiger partial charge in [-0.2, -0.15) is 0 Å². The van der Waals surface area contributed by atoms with Gasteiger partial charge >= 0.3 is 0 Å². The molecular weight excluding hydrogens is 233 g/mol. The van der Waals surface area contributed by atoms with Gasteiger partial charge in [-0.1, -0.05) is 0 Å². The second kappa shape index (κ2) is 6.11. The number of rotatable bonds is 3. The van der Waals surface area contributed by atoms with E-state index in [1.807, 2.05) is 7.05 Å². The monoisotopic (exact) mass is 253 g/mol. The highest BCUT2D eigenvalue weighted by molar-refractivity contribution is 5.47. The lowest BCUT2D eigenvalue weighted by Crippen LogP contribution is -2.32. The predicted molar refractivity (Wildman–Crippen MR) is 69.2 cm³/mol. The summed E-state index contributed by atoms with van der Waals surface area (Å²) in [5.41, 5.74) is 0.895. The average molecular weight is 253 g/mol. The summed E-state index contributed by atoms with van der Waals surface area (Å²) in [7, 11) is 1.85. The molecule has 2 rings (SSSR count). The Hall–Kier alpha value is -1.20. The zero-order valence-electron chi connectivity index (χ0n) is 10.9. The number of nitrogens with zero attached hydrogens (tertiary/aromatic N) is 2. The van der Waals surface area contributed by atoms with E-state index >= 15 is 0 Å². The van der Waals surface area contributed by atoms with Gasteiger partial charge in [0.1, 0.15) is 11.6 Å². The highest BCUT2D eigenvalue weighted by atomic mass is 19.1. The van der Waals surface area contributed by atoms with E-state index in [1.54, 1.807) is 6.07 Å². The quantitative estimate of drug-likeness (QED) is 0.887. The zero-order chi connectivity index (χ0) is 13.0. The maximum absolute atomic E-state index is 13.3. The van der Waals surface area contributed by atoms with E-state index in [2.05, 4.69) is 22.1 Å². The molecule has 0 aromatic carbocycles. The topological polar surface area (TPSA) is 37.4 Å². The molecular formula is C13H20FN3O. The number of hydrogen-bond acceptors (Lipinski definition) is 4. The lowest BCUT2D eigenvalue weighted by molar-refractivity contribution is 0.0820. The van der Waals surface area contributed by atoms with Crippen molar-refractivity contribution in [3.8, 4) is 0 Å². The molecule has 1 N–H and O–H groups in total. The Labute approximate surface area is 107 Å². The van der Waals surface area contributed by atoms with Crippen molar-refractivity contribution in [2.75, 3.05) is 31.6 Å². The van der Waals surface area contributed by atoms with Gasteiger partial charge in [-0.25, -0.2) is 9.37 Å². The Kier molecular flexibility index (Phi) is 4.49. The van der Waals surface area contributed by atoms with Crippen LogP contribution in [0.25, 0.3) is 0 Å². The molecule has 1 saturated heterocycles. The Morgan fingerprint density at radius 1 is 1.61 bits per heavy atom. The molecule has 0 saturated carbocycles. The van der Waals surface area contributed by atoms with E-state index < -0.39 is 0 Å². The van der Waals surface area contributed by atoms with Crippen molar-refractivity contribution in [1.82, 2.24) is 10.3 Å². The van der Waals surface area contributed by atoms with Crippen molar-refractivity contribution in [2.24, 2.45) is 0 Å². The van der Waals surface area contributed by atoms with Gasteiger partial charge in [0.25, 0.3) is 0 Å². The van der Waals surface area contributed by atoms with Gasteiger partial charge in [-0.15, -0.1) is 0 Å². The molecule has 0 aliphatic carbocycles. The molecule has 5 heteroatoms. The van der Waals surface area contributed by atoms with Crippen LogP contribution in [0.2, 0.25) is 0 Å². The van der Waals surface area contributed by atoms with Crippen LogP contribution in [0.3, 0.4) is 0 Å². The van der Waals surface area contributed by atoms with E-state index in [9.17, 15) is 4.39 Å². The lowest BCUT2D eigenvalue weighted by atomic mass is 10.2. The Morgan fingerprint density at radius 3 is 3.22 bits per heavy atom. The standard InChI is InChI=1S/C13H20FN3O/c1-10-9-17(4-3-5-18-10)13-11(7-15-2)6-12(14)8-16-13/h6,8,10,15H,3-5,7,9H2,1-2H3. The minimum atomic E-state index is -0.289. The van der Waals surface area contributed by atoms with Crippen molar-refractivity contribution < 1.29 is 9.13 Å². The van der Waals surface area contributed by atoms with Gasteiger partial charge in [-0.3, -0.25) is 0 Å². The molecule has 4 nitrogen and oxygen atoms in total.